The molecule has 1 saturated heterocycles. The average Bonchev–Trinajstić information content (AvgIpc) is 2.53. The van der Waals surface area contributed by atoms with Crippen LogP contribution in [0.1, 0.15) is 17.3 Å². The van der Waals surface area contributed by atoms with Crippen molar-refractivity contribution >= 4 is 23.4 Å². The summed E-state index contributed by atoms with van der Waals surface area (Å²) < 4.78 is 0. The van der Waals surface area contributed by atoms with Crippen LogP contribution in [0.15, 0.2) is 24.3 Å². The monoisotopic (exact) mass is 318 g/mol. The van der Waals surface area contributed by atoms with Crippen LogP contribution < -0.4 is 10.6 Å². The van der Waals surface area contributed by atoms with Gasteiger partial charge in [-0.15, -0.1) is 0 Å². The summed E-state index contributed by atoms with van der Waals surface area (Å²) in [7, 11) is 2.02. The Labute approximate surface area is 135 Å². The molecule has 1 fully saturated rings. The molecule has 1 heterocycles. The first-order valence-corrected chi connectivity index (χ1v) is 7.58. The zero-order valence-electron chi connectivity index (χ0n) is 13.5. The van der Waals surface area contributed by atoms with Crippen molar-refractivity contribution < 1.29 is 14.4 Å². The summed E-state index contributed by atoms with van der Waals surface area (Å²) >= 11 is 0. The number of hydrogen-bond donors (Lipinski definition) is 2. The number of carbonyl (C=O) groups excluding carboxylic acids is 3. The standard InChI is InChI=1S/C16H22N4O3/c1-12(21)18-14-5-3-13(4-6-14)16(23)17-11-15(22)20-9-7-19(2)8-10-20/h3-6H,7-11H2,1-2H3,(H,17,23)(H,18,21). The highest BCUT2D eigenvalue weighted by molar-refractivity contribution is 5.97. The number of likely N-dealkylation sites (N-methyl/N-ethyl adjacent to an activating group) is 1. The van der Waals surface area contributed by atoms with Crippen LogP contribution in [-0.2, 0) is 9.59 Å². The maximum absolute atomic E-state index is 12.1. The maximum atomic E-state index is 12.1. The van der Waals surface area contributed by atoms with Gasteiger partial charge < -0.3 is 20.4 Å². The van der Waals surface area contributed by atoms with Crippen molar-refractivity contribution in [2.75, 3.05) is 45.1 Å². The predicted molar refractivity (Wildman–Crippen MR) is 87.2 cm³/mol. The lowest BCUT2D eigenvalue weighted by molar-refractivity contribution is -0.131. The maximum Gasteiger partial charge on any atom is 0.251 e. The number of hydrogen-bond acceptors (Lipinski definition) is 4. The second kappa shape index (κ2) is 7.73. The molecule has 124 valence electrons. The predicted octanol–water partition coefficient (Wildman–Crippen LogP) is 0.149. The van der Waals surface area contributed by atoms with E-state index in [9.17, 15) is 14.4 Å². The minimum Gasteiger partial charge on any atom is -0.343 e. The second-order valence-corrected chi connectivity index (χ2v) is 5.63. The number of benzene rings is 1. The fourth-order valence-corrected chi connectivity index (χ4v) is 2.33. The molecule has 0 bridgehead atoms. The van der Waals surface area contributed by atoms with Crippen LogP contribution in [0.2, 0.25) is 0 Å². The van der Waals surface area contributed by atoms with Crippen LogP contribution >= 0.6 is 0 Å². The van der Waals surface area contributed by atoms with Gasteiger partial charge in [0.1, 0.15) is 0 Å². The zero-order chi connectivity index (χ0) is 16.8. The molecule has 23 heavy (non-hydrogen) atoms. The molecule has 0 unspecified atom stereocenters. The molecule has 2 N–H and O–H groups in total. The van der Waals surface area contributed by atoms with Crippen LogP contribution in [0, 0.1) is 0 Å². The lowest BCUT2D eigenvalue weighted by atomic mass is 10.2. The number of piperazine rings is 1. The molecule has 0 aromatic heterocycles. The van der Waals surface area contributed by atoms with Crippen LogP contribution in [-0.4, -0.2) is 67.3 Å². The Morgan fingerprint density at radius 3 is 2.22 bits per heavy atom. The highest BCUT2D eigenvalue weighted by atomic mass is 16.2. The summed E-state index contributed by atoms with van der Waals surface area (Å²) in [4.78, 5) is 39.0. The minimum absolute atomic E-state index is 0.00397. The molecule has 1 aliphatic rings. The Morgan fingerprint density at radius 2 is 1.65 bits per heavy atom. The van der Waals surface area contributed by atoms with Crippen molar-refractivity contribution in [2.45, 2.75) is 6.92 Å². The van der Waals surface area contributed by atoms with Gasteiger partial charge >= 0.3 is 0 Å². The molecule has 7 nitrogen and oxygen atoms in total. The van der Waals surface area contributed by atoms with Crippen LogP contribution in [0.5, 0.6) is 0 Å². The van der Waals surface area contributed by atoms with Crippen molar-refractivity contribution in [1.29, 1.82) is 0 Å². The fourth-order valence-electron chi connectivity index (χ4n) is 2.33. The third-order valence-electron chi connectivity index (χ3n) is 3.72. The lowest BCUT2D eigenvalue weighted by Crippen LogP contribution is -2.50. The Morgan fingerprint density at radius 1 is 1.04 bits per heavy atom. The van der Waals surface area contributed by atoms with Crippen molar-refractivity contribution in [2.24, 2.45) is 0 Å². The summed E-state index contributed by atoms with van der Waals surface area (Å²) in [6, 6.07) is 6.53. The Kier molecular flexibility index (Phi) is 5.70. The fraction of sp³-hybridized carbons (Fsp3) is 0.438. The van der Waals surface area contributed by atoms with E-state index in [1.54, 1.807) is 29.2 Å². The quantitative estimate of drug-likeness (QED) is 0.828. The lowest BCUT2D eigenvalue weighted by Gasteiger charge is -2.32. The number of rotatable bonds is 4. The van der Waals surface area contributed by atoms with Gasteiger partial charge in [-0.05, 0) is 31.3 Å². The van der Waals surface area contributed by atoms with Gasteiger partial charge in [0.05, 0.1) is 6.54 Å². The van der Waals surface area contributed by atoms with Crippen molar-refractivity contribution in [3.8, 4) is 0 Å². The molecular formula is C16H22N4O3. The molecule has 0 aliphatic carbocycles. The van der Waals surface area contributed by atoms with E-state index in [0.717, 1.165) is 13.1 Å². The Bertz CT molecular complexity index is 577. The van der Waals surface area contributed by atoms with Gasteiger partial charge in [0.2, 0.25) is 11.8 Å². The first-order valence-electron chi connectivity index (χ1n) is 7.58. The molecule has 0 spiro atoms. The molecule has 1 aliphatic heterocycles. The van der Waals surface area contributed by atoms with Crippen molar-refractivity contribution in [3.63, 3.8) is 0 Å². The number of nitrogens with zero attached hydrogens (tertiary/aromatic N) is 2. The summed E-state index contributed by atoms with van der Waals surface area (Å²) in [5.41, 5.74) is 1.08. The molecule has 1 aromatic rings. The van der Waals surface area contributed by atoms with Crippen LogP contribution in [0.4, 0.5) is 5.69 Å². The molecule has 0 saturated carbocycles. The molecular weight excluding hydrogens is 296 g/mol. The van der Waals surface area contributed by atoms with Gasteiger partial charge in [0, 0.05) is 44.4 Å². The molecule has 0 radical (unpaired) electrons. The summed E-state index contributed by atoms with van der Waals surface area (Å²) in [5.74, 6) is -0.539. The van der Waals surface area contributed by atoms with Gasteiger partial charge in [-0.2, -0.15) is 0 Å². The number of anilines is 1. The largest absolute Gasteiger partial charge is 0.343 e. The van der Waals surface area contributed by atoms with E-state index >= 15 is 0 Å². The topological polar surface area (TPSA) is 81.8 Å². The zero-order valence-corrected chi connectivity index (χ0v) is 13.5. The Balaban J connectivity index is 1.82. The van der Waals surface area contributed by atoms with E-state index in [0.29, 0.717) is 24.3 Å². The first kappa shape index (κ1) is 17.0. The normalized spacial score (nSPS) is 15.1. The van der Waals surface area contributed by atoms with E-state index in [1.165, 1.54) is 6.92 Å². The van der Waals surface area contributed by atoms with E-state index in [1.807, 2.05) is 7.05 Å². The van der Waals surface area contributed by atoms with Crippen LogP contribution in [0.3, 0.4) is 0 Å². The van der Waals surface area contributed by atoms with E-state index in [2.05, 4.69) is 15.5 Å². The molecule has 3 amide bonds. The van der Waals surface area contributed by atoms with Gasteiger partial charge in [-0.1, -0.05) is 0 Å². The van der Waals surface area contributed by atoms with Crippen molar-refractivity contribution in [3.05, 3.63) is 29.8 Å². The summed E-state index contributed by atoms with van der Waals surface area (Å²) in [5, 5.41) is 5.27. The van der Waals surface area contributed by atoms with E-state index in [-0.39, 0.29) is 24.3 Å². The Hall–Kier alpha value is -2.41. The van der Waals surface area contributed by atoms with Gasteiger partial charge in [-0.3, -0.25) is 14.4 Å². The van der Waals surface area contributed by atoms with Gasteiger partial charge in [-0.25, -0.2) is 0 Å². The molecule has 1 aromatic carbocycles. The first-order chi connectivity index (χ1) is 11.0. The van der Waals surface area contributed by atoms with E-state index < -0.39 is 0 Å². The smallest absolute Gasteiger partial charge is 0.251 e. The van der Waals surface area contributed by atoms with Gasteiger partial charge in [0.15, 0.2) is 0 Å². The molecule has 0 atom stereocenters. The number of amides is 3. The molecule has 7 heteroatoms. The number of carbonyl (C=O) groups is 3. The van der Waals surface area contributed by atoms with Gasteiger partial charge in [0.25, 0.3) is 5.91 Å². The second-order valence-electron chi connectivity index (χ2n) is 5.63. The van der Waals surface area contributed by atoms with Crippen molar-refractivity contribution in [1.82, 2.24) is 15.1 Å². The van der Waals surface area contributed by atoms with E-state index in [4.69, 9.17) is 0 Å². The summed E-state index contributed by atoms with van der Waals surface area (Å²) in [6.45, 7) is 4.50. The number of nitrogens with one attached hydrogen (secondary N) is 2. The van der Waals surface area contributed by atoms with Crippen LogP contribution in [0.25, 0.3) is 0 Å². The molecule has 2 rings (SSSR count). The highest BCUT2D eigenvalue weighted by Crippen LogP contribution is 2.09. The minimum atomic E-state index is -0.304. The third kappa shape index (κ3) is 5.07. The average molecular weight is 318 g/mol. The third-order valence-corrected chi connectivity index (χ3v) is 3.72. The SMILES string of the molecule is CC(=O)Nc1ccc(C(=O)NCC(=O)N2CCN(C)CC2)cc1. The summed E-state index contributed by atoms with van der Waals surface area (Å²) in [6.07, 6.45) is 0. The highest BCUT2D eigenvalue weighted by Gasteiger charge is 2.19.